The van der Waals surface area contributed by atoms with E-state index in [4.69, 9.17) is 0 Å². The van der Waals surface area contributed by atoms with Crippen LogP contribution in [0.3, 0.4) is 0 Å². The first-order valence-electron chi connectivity index (χ1n) is 6.52. The van der Waals surface area contributed by atoms with Crippen LogP contribution in [0.5, 0.6) is 0 Å². The summed E-state index contributed by atoms with van der Waals surface area (Å²) in [5.41, 5.74) is 0.623. The quantitative estimate of drug-likeness (QED) is 0.758. The van der Waals surface area contributed by atoms with Gasteiger partial charge < -0.3 is 10.3 Å². The fraction of sp³-hybridized carbons (Fsp3) is 0.462. The third kappa shape index (κ3) is 4.25. The molecule has 0 fully saturated rings. The fourth-order valence-corrected chi connectivity index (χ4v) is 2.56. The second kappa shape index (κ2) is 7.16. The fourth-order valence-electron chi connectivity index (χ4n) is 1.70. The molecule has 0 spiro atoms. The third-order valence-electron chi connectivity index (χ3n) is 2.64. The minimum Gasteiger partial charge on any atom is -0.320 e. The van der Waals surface area contributed by atoms with Gasteiger partial charge in [-0.25, -0.2) is 0 Å². The van der Waals surface area contributed by atoms with Gasteiger partial charge in [0.1, 0.15) is 5.01 Å². The molecule has 19 heavy (non-hydrogen) atoms. The van der Waals surface area contributed by atoms with Gasteiger partial charge in [-0.1, -0.05) is 24.3 Å². The number of aromatic amines is 1. The van der Waals surface area contributed by atoms with E-state index in [1.54, 1.807) is 6.07 Å². The number of hydrogen-bond acceptors (Lipinski definition) is 5. The molecular formula is C13H18N4OS. The van der Waals surface area contributed by atoms with Crippen molar-refractivity contribution in [2.75, 3.05) is 13.1 Å². The van der Waals surface area contributed by atoms with Crippen molar-refractivity contribution < 1.29 is 0 Å². The highest BCUT2D eigenvalue weighted by Crippen LogP contribution is 2.21. The number of aryl methyl sites for hydroxylation is 1. The Kier molecular flexibility index (Phi) is 5.23. The third-order valence-corrected chi connectivity index (χ3v) is 3.65. The minimum atomic E-state index is -0.113. The highest BCUT2D eigenvalue weighted by Gasteiger charge is 2.06. The second-order valence-electron chi connectivity index (χ2n) is 4.28. The maximum Gasteiger partial charge on any atom is 0.248 e. The summed E-state index contributed by atoms with van der Waals surface area (Å²) < 4.78 is 0. The Hall–Kier alpha value is -1.53. The predicted molar refractivity (Wildman–Crippen MR) is 77.4 cm³/mol. The van der Waals surface area contributed by atoms with Crippen molar-refractivity contribution in [3.8, 4) is 10.7 Å². The summed E-state index contributed by atoms with van der Waals surface area (Å²) in [6.45, 7) is 4.22. The van der Waals surface area contributed by atoms with Crippen molar-refractivity contribution >= 4 is 11.3 Å². The molecule has 2 heterocycles. The summed E-state index contributed by atoms with van der Waals surface area (Å²) in [6.07, 6.45) is 3.13. The molecule has 2 aromatic heterocycles. The van der Waals surface area contributed by atoms with Gasteiger partial charge in [-0.3, -0.25) is 4.79 Å². The van der Waals surface area contributed by atoms with Crippen LogP contribution in [0.1, 0.15) is 24.8 Å². The van der Waals surface area contributed by atoms with Crippen molar-refractivity contribution in [3.05, 3.63) is 33.6 Å². The van der Waals surface area contributed by atoms with Crippen molar-refractivity contribution in [1.29, 1.82) is 0 Å². The number of H-pyrrole nitrogens is 1. The van der Waals surface area contributed by atoms with Crippen LogP contribution in [0.2, 0.25) is 0 Å². The summed E-state index contributed by atoms with van der Waals surface area (Å²) in [5.74, 6) is 0. The van der Waals surface area contributed by atoms with Gasteiger partial charge in [0.15, 0.2) is 5.01 Å². The molecule has 0 aliphatic heterocycles. The maximum atomic E-state index is 11.2. The van der Waals surface area contributed by atoms with Gasteiger partial charge in [0.25, 0.3) is 0 Å². The van der Waals surface area contributed by atoms with Gasteiger partial charge in [-0.15, -0.1) is 10.2 Å². The van der Waals surface area contributed by atoms with E-state index in [-0.39, 0.29) is 5.56 Å². The van der Waals surface area contributed by atoms with E-state index >= 15 is 0 Å². The number of nitrogens with zero attached hydrogens (tertiary/aromatic N) is 2. The molecule has 0 unspecified atom stereocenters. The molecule has 0 saturated heterocycles. The van der Waals surface area contributed by atoms with Crippen LogP contribution in [-0.2, 0) is 6.42 Å². The van der Waals surface area contributed by atoms with Gasteiger partial charge >= 0.3 is 0 Å². The highest BCUT2D eigenvalue weighted by molar-refractivity contribution is 7.14. The first-order chi connectivity index (χ1) is 9.29. The molecule has 102 valence electrons. The van der Waals surface area contributed by atoms with E-state index in [1.807, 2.05) is 6.07 Å². The molecule has 0 bridgehead atoms. The first kappa shape index (κ1) is 13.9. The number of nitrogens with one attached hydrogen (secondary N) is 2. The zero-order valence-electron chi connectivity index (χ0n) is 11.0. The van der Waals surface area contributed by atoms with Crippen LogP contribution >= 0.6 is 11.3 Å². The molecule has 0 aliphatic carbocycles. The van der Waals surface area contributed by atoms with Crippen molar-refractivity contribution in [3.63, 3.8) is 0 Å². The van der Waals surface area contributed by atoms with Gasteiger partial charge in [0.05, 0.1) is 5.69 Å². The number of rotatable bonds is 7. The van der Waals surface area contributed by atoms with Gasteiger partial charge in [0.2, 0.25) is 5.56 Å². The van der Waals surface area contributed by atoms with Crippen molar-refractivity contribution in [2.24, 2.45) is 0 Å². The molecule has 5 nitrogen and oxygen atoms in total. The second-order valence-corrected chi connectivity index (χ2v) is 5.35. The topological polar surface area (TPSA) is 70.7 Å². The lowest BCUT2D eigenvalue weighted by Gasteiger charge is -1.99. The Morgan fingerprint density at radius 2 is 2.21 bits per heavy atom. The summed E-state index contributed by atoms with van der Waals surface area (Å²) in [4.78, 5) is 14.0. The van der Waals surface area contributed by atoms with Crippen LogP contribution < -0.4 is 10.9 Å². The maximum absolute atomic E-state index is 11.2. The van der Waals surface area contributed by atoms with Crippen LogP contribution in [0.15, 0.2) is 23.0 Å². The van der Waals surface area contributed by atoms with Crippen LogP contribution in [0, 0.1) is 0 Å². The normalized spacial score (nSPS) is 10.8. The van der Waals surface area contributed by atoms with Crippen molar-refractivity contribution in [1.82, 2.24) is 20.5 Å². The molecule has 2 rings (SSSR count). The highest BCUT2D eigenvalue weighted by atomic mass is 32.1. The number of pyridine rings is 1. The minimum absolute atomic E-state index is 0.113. The molecular weight excluding hydrogens is 260 g/mol. The molecule has 0 amide bonds. The smallest absolute Gasteiger partial charge is 0.248 e. The molecule has 0 aliphatic rings. The molecule has 0 aromatic carbocycles. The molecule has 0 radical (unpaired) electrons. The van der Waals surface area contributed by atoms with Crippen LogP contribution in [0.25, 0.3) is 10.7 Å². The Morgan fingerprint density at radius 3 is 3.00 bits per heavy atom. The van der Waals surface area contributed by atoms with E-state index in [2.05, 4.69) is 27.4 Å². The average Bonchev–Trinajstić information content (AvgIpc) is 2.87. The number of hydrogen-bond donors (Lipinski definition) is 2. The standard InChI is InChI=1S/C13H18N4OS/c1-2-8-14-9-4-7-12-16-17-13(19-12)10-5-3-6-11(18)15-10/h3,5-6,14H,2,4,7-9H2,1H3,(H,15,18). The number of aromatic nitrogens is 3. The molecule has 6 heteroatoms. The molecule has 2 aromatic rings. The zero-order valence-corrected chi connectivity index (χ0v) is 11.8. The van der Waals surface area contributed by atoms with E-state index < -0.39 is 0 Å². The Balaban J connectivity index is 1.90. The van der Waals surface area contributed by atoms with Gasteiger partial charge in [0, 0.05) is 12.5 Å². The predicted octanol–water partition coefficient (Wildman–Crippen LogP) is 1.83. The van der Waals surface area contributed by atoms with Crippen LogP contribution in [-0.4, -0.2) is 28.3 Å². The summed E-state index contributed by atoms with van der Waals surface area (Å²) >= 11 is 1.54. The summed E-state index contributed by atoms with van der Waals surface area (Å²) in [7, 11) is 0. The summed E-state index contributed by atoms with van der Waals surface area (Å²) in [5, 5.41) is 13.4. The SMILES string of the molecule is CCCNCCCc1nnc(-c2cccc(=O)[nH]2)s1. The largest absolute Gasteiger partial charge is 0.320 e. The van der Waals surface area contributed by atoms with E-state index in [0.29, 0.717) is 0 Å². The lowest BCUT2D eigenvalue weighted by Crippen LogP contribution is -2.16. The lowest BCUT2D eigenvalue weighted by atomic mass is 10.3. The summed E-state index contributed by atoms with van der Waals surface area (Å²) in [6, 6.07) is 5.06. The van der Waals surface area contributed by atoms with Gasteiger partial charge in [-0.2, -0.15) is 0 Å². The molecule has 2 N–H and O–H groups in total. The first-order valence-corrected chi connectivity index (χ1v) is 7.34. The monoisotopic (exact) mass is 278 g/mol. The van der Waals surface area contributed by atoms with Gasteiger partial charge in [-0.05, 0) is 32.0 Å². The lowest BCUT2D eigenvalue weighted by molar-refractivity contribution is 0.637. The van der Waals surface area contributed by atoms with E-state index in [9.17, 15) is 4.79 Å². The van der Waals surface area contributed by atoms with E-state index in [1.165, 1.54) is 17.4 Å². The molecule has 0 atom stereocenters. The van der Waals surface area contributed by atoms with Crippen molar-refractivity contribution in [2.45, 2.75) is 26.2 Å². The average molecular weight is 278 g/mol. The van der Waals surface area contributed by atoms with Crippen LogP contribution in [0.4, 0.5) is 0 Å². The Bertz CT molecular complexity index is 564. The zero-order chi connectivity index (χ0) is 13.5. The Morgan fingerprint density at radius 1 is 1.32 bits per heavy atom. The molecule has 0 saturated carbocycles. The Labute approximate surface area is 116 Å². The van der Waals surface area contributed by atoms with E-state index in [0.717, 1.165) is 48.1 Å².